The maximum atomic E-state index is 13.1. The van der Waals surface area contributed by atoms with Crippen LogP contribution < -0.4 is 0 Å². The molecule has 5 heteroatoms. The summed E-state index contributed by atoms with van der Waals surface area (Å²) in [6.07, 6.45) is 0.556. The molecule has 0 aliphatic carbocycles. The van der Waals surface area contributed by atoms with Gasteiger partial charge in [0.1, 0.15) is 0 Å². The van der Waals surface area contributed by atoms with Gasteiger partial charge in [-0.15, -0.1) is 0 Å². The quantitative estimate of drug-likeness (QED) is 0.830. The normalized spacial score (nSPS) is 21.3. The van der Waals surface area contributed by atoms with Crippen LogP contribution in [0.2, 0.25) is 0 Å². The van der Waals surface area contributed by atoms with Gasteiger partial charge in [-0.2, -0.15) is 0 Å². The third kappa shape index (κ3) is 4.14. The highest BCUT2D eigenvalue weighted by Gasteiger charge is 2.37. The van der Waals surface area contributed by atoms with E-state index in [-0.39, 0.29) is 35.3 Å². The third-order valence-corrected chi connectivity index (χ3v) is 6.39. The van der Waals surface area contributed by atoms with Gasteiger partial charge in [0.05, 0.1) is 17.4 Å². The first-order valence-electron chi connectivity index (χ1n) is 8.32. The van der Waals surface area contributed by atoms with E-state index in [1.165, 1.54) is 0 Å². The number of sulfone groups is 1. The zero-order chi connectivity index (χ0) is 17.2. The highest BCUT2D eigenvalue weighted by Crippen LogP contribution is 2.29. The molecule has 1 aliphatic heterocycles. The highest BCUT2D eigenvalue weighted by atomic mass is 32.2. The van der Waals surface area contributed by atoms with Crippen LogP contribution in [0.15, 0.2) is 24.3 Å². The van der Waals surface area contributed by atoms with Crippen molar-refractivity contribution in [2.75, 3.05) is 18.1 Å². The van der Waals surface area contributed by atoms with Crippen LogP contribution in [0.3, 0.4) is 0 Å². The second-order valence-electron chi connectivity index (χ2n) is 6.81. The molecule has 2 rings (SSSR count). The zero-order valence-electron chi connectivity index (χ0n) is 14.5. The Kier molecular flexibility index (Phi) is 5.50. The molecule has 0 N–H and O–H groups in total. The lowest BCUT2D eigenvalue weighted by Crippen LogP contribution is -2.44. The molecule has 0 spiro atoms. The standard InChI is InChI=1S/C18H27NO3S/c1-5-19(16-10-11-23(21,22)12-16)18(20)17(13(2)3)15-8-6-14(4)7-9-15/h6-9,13,16-17H,5,10-12H2,1-4H3. The van der Waals surface area contributed by atoms with Gasteiger partial charge in [0.25, 0.3) is 0 Å². The lowest BCUT2D eigenvalue weighted by atomic mass is 9.86. The average Bonchev–Trinajstić information content (AvgIpc) is 2.82. The minimum Gasteiger partial charge on any atom is -0.338 e. The maximum absolute atomic E-state index is 13.1. The molecule has 0 aromatic heterocycles. The minimum absolute atomic E-state index is 0.0495. The lowest BCUT2D eigenvalue weighted by molar-refractivity contribution is -0.135. The highest BCUT2D eigenvalue weighted by molar-refractivity contribution is 7.91. The first-order chi connectivity index (χ1) is 10.7. The van der Waals surface area contributed by atoms with E-state index in [9.17, 15) is 13.2 Å². The van der Waals surface area contributed by atoms with Gasteiger partial charge in [0.15, 0.2) is 9.84 Å². The van der Waals surface area contributed by atoms with Crippen molar-refractivity contribution in [1.82, 2.24) is 4.90 Å². The Morgan fingerprint density at radius 3 is 2.30 bits per heavy atom. The maximum Gasteiger partial charge on any atom is 0.230 e. The van der Waals surface area contributed by atoms with Crippen LogP contribution in [-0.2, 0) is 14.6 Å². The fourth-order valence-electron chi connectivity index (χ4n) is 3.38. The van der Waals surface area contributed by atoms with E-state index < -0.39 is 9.84 Å². The fraction of sp³-hybridized carbons (Fsp3) is 0.611. The van der Waals surface area contributed by atoms with Crippen LogP contribution in [0.1, 0.15) is 44.2 Å². The van der Waals surface area contributed by atoms with Gasteiger partial charge in [0.2, 0.25) is 5.91 Å². The predicted octanol–water partition coefficient (Wildman–Crippen LogP) is 2.77. The van der Waals surface area contributed by atoms with Crippen molar-refractivity contribution in [3.05, 3.63) is 35.4 Å². The summed E-state index contributed by atoms with van der Waals surface area (Å²) in [6, 6.07) is 7.89. The SMILES string of the molecule is CCN(C(=O)C(c1ccc(C)cc1)C(C)C)C1CCS(=O)(=O)C1. The van der Waals surface area contributed by atoms with Gasteiger partial charge >= 0.3 is 0 Å². The molecule has 0 radical (unpaired) electrons. The van der Waals surface area contributed by atoms with Crippen LogP contribution in [-0.4, -0.2) is 43.3 Å². The van der Waals surface area contributed by atoms with E-state index in [0.717, 1.165) is 11.1 Å². The average molecular weight is 337 g/mol. The van der Waals surface area contributed by atoms with Crippen molar-refractivity contribution in [1.29, 1.82) is 0 Å². The molecule has 23 heavy (non-hydrogen) atoms. The first-order valence-corrected chi connectivity index (χ1v) is 10.1. The lowest BCUT2D eigenvalue weighted by Gasteiger charge is -2.32. The van der Waals surface area contributed by atoms with E-state index in [0.29, 0.717) is 13.0 Å². The Morgan fingerprint density at radius 2 is 1.87 bits per heavy atom. The smallest absolute Gasteiger partial charge is 0.230 e. The molecule has 4 nitrogen and oxygen atoms in total. The van der Waals surface area contributed by atoms with Gasteiger partial charge in [-0.05, 0) is 31.7 Å². The Bertz CT molecular complexity index is 649. The van der Waals surface area contributed by atoms with E-state index in [1.807, 2.05) is 52.0 Å². The summed E-state index contributed by atoms with van der Waals surface area (Å²) in [6.45, 7) is 8.59. The second kappa shape index (κ2) is 7.04. The van der Waals surface area contributed by atoms with E-state index in [4.69, 9.17) is 0 Å². The molecular weight excluding hydrogens is 310 g/mol. The molecule has 1 aromatic rings. The molecule has 1 heterocycles. The van der Waals surface area contributed by atoms with Gasteiger partial charge in [-0.3, -0.25) is 4.79 Å². The van der Waals surface area contributed by atoms with E-state index in [1.54, 1.807) is 4.90 Å². The Hall–Kier alpha value is -1.36. The number of rotatable bonds is 5. The summed E-state index contributed by atoms with van der Waals surface area (Å²) in [5.41, 5.74) is 2.17. The van der Waals surface area contributed by atoms with Gasteiger partial charge in [-0.25, -0.2) is 8.42 Å². The fourth-order valence-corrected chi connectivity index (χ4v) is 5.11. The van der Waals surface area contributed by atoms with Gasteiger partial charge in [0, 0.05) is 12.6 Å². The summed E-state index contributed by atoms with van der Waals surface area (Å²) in [7, 11) is -2.99. The molecule has 2 unspecified atom stereocenters. The molecule has 1 saturated heterocycles. The molecular formula is C18H27NO3S. The number of aryl methyl sites for hydroxylation is 1. The molecule has 1 fully saturated rings. The summed E-state index contributed by atoms with van der Waals surface area (Å²) >= 11 is 0. The summed E-state index contributed by atoms with van der Waals surface area (Å²) in [5.74, 6) is 0.286. The molecule has 1 aliphatic rings. The van der Waals surface area contributed by atoms with E-state index in [2.05, 4.69) is 0 Å². The van der Waals surface area contributed by atoms with Crippen molar-refractivity contribution in [3.63, 3.8) is 0 Å². The van der Waals surface area contributed by atoms with E-state index >= 15 is 0 Å². The Morgan fingerprint density at radius 1 is 1.26 bits per heavy atom. The number of nitrogens with zero attached hydrogens (tertiary/aromatic N) is 1. The van der Waals surface area contributed by atoms with Crippen molar-refractivity contribution in [2.24, 2.45) is 5.92 Å². The zero-order valence-corrected chi connectivity index (χ0v) is 15.3. The largest absolute Gasteiger partial charge is 0.338 e. The molecule has 128 valence electrons. The molecule has 0 bridgehead atoms. The summed E-state index contributed by atoms with van der Waals surface area (Å²) in [4.78, 5) is 14.9. The number of carbonyl (C=O) groups is 1. The minimum atomic E-state index is -2.99. The first kappa shape index (κ1) is 18.0. The molecule has 0 saturated carbocycles. The third-order valence-electron chi connectivity index (χ3n) is 4.64. The van der Waals surface area contributed by atoms with Crippen molar-refractivity contribution < 1.29 is 13.2 Å². The Balaban J connectivity index is 2.27. The number of benzene rings is 1. The number of amides is 1. The second-order valence-corrected chi connectivity index (χ2v) is 9.04. The van der Waals surface area contributed by atoms with Crippen LogP contribution in [0.4, 0.5) is 0 Å². The predicted molar refractivity (Wildman–Crippen MR) is 93.2 cm³/mol. The van der Waals surface area contributed by atoms with Crippen molar-refractivity contribution in [3.8, 4) is 0 Å². The number of carbonyl (C=O) groups excluding carboxylic acids is 1. The Labute approximate surface area is 139 Å². The van der Waals surface area contributed by atoms with Crippen LogP contribution in [0, 0.1) is 12.8 Å². The number of hydrogen-bond donors (Lipinski definition) is 0. The summed E-state index contributed by atoms with van der Waals surface area (Å²) in [5, 5.41) is 0. The van der Waals surface area contributed by atoms with Crippen LogP contribution >= 0.6 is 0 Å². The van der Waals surface area contributed by atoms with Crippen LogP contribution in [0.25, 0.3) is 0 Å². The van der Waals surface area contributed by atoms with Crippen molar-refractivity contribution in [2.45, 2.75) is 46.1 Å². The van der Waals surface area contributed by atoms with Gasteiger partial charge < -0.3 is 4.90 Å². The molecule has 1 amide bonds. The number of hydrogen-bond acceptors (Lipinski definition) is 3. The van der Waals surface area contributed by atoms with Crippen LogP contribution in [0.5, 0.6) is 0 Å². The number of likely N-dealkylation sites (N-methyl/N-ethyl adjacent to an activating group) is 1. The topological polar surface area (TPSA) is 54.5 Å². The molecule has 2 atom stereocenters. The monoisotopic (exact) mass is 337 g/mol. The van der Waals surface area contributed by atoms with Crippen molar-refractivity contribution >= 4 is 15.7 Å². The summed E-state index contributed by atoms with van der Waals surface area (Å²) < 4.78 is 23.5. The van der Waals surface area contributed by atoms with Gasteiger partial charge in [-0.1, -0.05) is 43.7 Å². The molecule has 1 aromatic carbocycles.